The first-order valence-corrected chi connectivity index (χ1v) is 14.6. The van der Waals surface area contributed by atoms with Crippen molar-refractivity contribution in [2.24, 2.45) is 5.92 Å². The Morgan fingerprint density at radius 1 is 1.30 bits per heavy atom. The molecule has 1 aliphatic rings. The predicted molar refractivity (Wildman–Crippen MR) is 147 cm³/mol. The zero-order chi connectivity index (χ0) is 26.5. The quantitative estimate of drug-likeness (QED) is 0.233. The molecule has 0 aliphatic heterocycles. The predicted octanol–water partition coefficient (Wildman–Crippen LogP) is 6.19. The molecular formula is C26H31ClN4O4S2. The zero-order valence-electron chi connectivity index (χ0n) is 21.4. The number of nitrogens with one attached hydrogen (secondary N) is 1. The Balaban J connectivity index is 1.45. The van der Waals surface area contributed by atoms with Gasteiger partial charge < -0.3 is 19.4 Å². The fourth-order valence-electron chi connectivity index (χ4n) is 4.34. The Morgan fingerprint density at radius 2 is 2.08 bits per heavy atom. The Hall–Kier alpha value is -2.56. The van der Waals surface area contributed by atoms with Gasteiger partial charge in [0.1, 0.15) is 10.8 Å². The second-order valence-corrected chi connectivity index (χ2v) is 11.3. The van der Waals surface area contributed by atoms with Crippen LogP contribution in [0.2, 0.25) is 5.02 Å². The van der Waals surface area contributed by atoms with Gasteiger partial charge in [0.05, 0.1) is 22.9 Å². The lowest BCUT2D eigenvalue weighted by atomic mass is 9.88. The van der Waals surface area contributed by atoms with Crippen molar-refractivity contribution in [3.63, 3.8) is 0 Å². The molecule has 2 atom stereocenters. The summed E-state index contributed by atoms with van der Waals surface area (Å²) in [5, 5.41) is 13.3. The third kappa shape index (κ3) is 6.30. The van der Waals surface area contributed by atoms with E-state index in [0.29, 0.717) is 44.8 Å². The standard InChI is InChI=1S/C26H31ClN4O4S2/c1-5-31-23(16(4)35-19-10-8-7-9-18(19)27)29-30-26(31)36-14-21(32)28-24-22(25(33)34-6-2)17-12-11-15(3)13-20(17)37-24/h7-10,15-16H,5-6,11-14H2,1-4H3,(H,28,32). The van der Waals surface area contributed by atoms with Crippen LogP contribution in [0.15, 0.2) is 29.4 Å². The van der Waals surface area contributed by atoms with Gasteiger partial charge in [0.2, 0.25) is 5.91 Å². The van der Waals surface area contributed by atoms with E-state index in [-0.39, 0.29) is 30.3 Å². The number of benzene rings is 1. The number of ether oxygens (including phenoxy) is 2. The van der Waals surface area contributed by atoms with Gasteiger partial charge in [-0.3, -0.25) is 4.79 Å². The average molecular weight is 563 g/mol. The van der Waals surface area contributed by atoms with Gasteiger partial charge in [-0.15, -0.1) is 21.5 Å². The molecule has 0 saturated carbocycles. The highest BCUT2D eigenvalue weighted by Crippen LogP contribution is 2.40. The minimum Gasteiger partial charge on any atom is -0.481 e. The number of nitrogens with zero attached hydrogens (tertiary/aromatic N) is 3. The van der Waals surface area contributed by atoms with Crippen LogP contribution in [0.1, 0.15) is 66.8 Å². The van der Waals surface area contributed by atoms with Crippen LogP contribution in [0, 0.1) is 5.92 Å². The van der Waals surface area contributed by atoms with Crippen molar-refractivity contribution in [1.29, 1.82) is 0 Å². The summed E-state index contributed by atoms with van der Waals surface area (Å²) >= 11 is 9.01. The molecule has 1 N–H and O–H groups in total. The summed E-state index contributed by atoms with van der Waals surface area (Å²) in [6.07, 6.45) is 2.37. The molecule has 0 saturated heterocycles. The summed E-state index contributed by atoms with van der Waals surface area (Å²) in [4.78, 5) is 26.8. The summed E-state index contributed by atoms with van der Waals surface area (Å²) in [6.45, 7) is 8.77. The van der Waals surface area contributed by atoms with Crippen LogP contribution in [0.5, 0.6) is 5.75 Å². The summed E-state index contributed by atoms with van der Waals surface area (Å²) in [6, 6.07) is 7.28. The molecule has 2 heterocycles. The molecule has 0 fully saturated rings. The van der Waals surface area contributed by atoms with Crippen LogP contribution in [0.25, 0.3) is 0 Å². The van der Waals surface area contributed by atoms with Gasteiger partial charge in [-0.05, 0) is 63.6 Å². The van der Waals surface area contributed by atoms with E-state index in [4.69, 9.17) is 21.1 Å². The first-order chi connectivity index (χ1) is 17.8. The number of aromatic nitrogens is 3. The van der Waals surface area contributed by atoms with Crippen molar-refractivity contribution in [3.8, 4) is 5.75 Å². The number of halogens is 1. The van der Waals surface area contributed by atoms with E-state index < -0.39 is 0 Å². The molecule has 8 nitrogen and oxygen atoms in total. The third-order valence-corrected chi connectivity index (χ3v) is 8.59. The van der Waals surface area contributed by atoms with Crippen LogP contribution in [-0.4, -0.2) is 39.0 Å². The van der Waals surface area contributed by atoms with Crippen molar-refractivity contribution in [3.05, 3.63) is 51.1 Å². The second-order valence-electron chi connectivity index (χ2n) is 8.89. The molecule has 1 aromatic carbocycles. The van der Waals surface area contributed by atoms with Crippen molar-refractivity contribution in [1.82, 2.24) is 14.8 Å². The average Bonchev–Trinajstić information content (AvgIpc) is 3.44. The molecule has 0 spiro atoms. The van der Waals surface area contributed by atoms with Crippen LogP contribution in [0.3, 0.4) is 0 Å². The molecule has 198 valence electrons. The highest BCUT2D eigenvalue weighted by molar-refractivity contribution is 7.99. The highest BCUT2D eigenvalue weighted by atomic mass is 35.5. The summed E-state index contributed by atoms with van der Waals surface area (Å²) in [5.41, 5.74) is 1.53. The van der Waals surface area contributed by atoms with E-state index >= 15 is 0 Å². The second kappa shape index (κ2) is 12.3. The number of rotatable bonds is 10. The van der Waals surface area contributed by atoms with Crippen LogP contribution >= 0.6 is 34.7 Å². The van der Waals surface area contributed by atoms with Gasteiger partial charge in [-0.2, -0.15) is 0 Å². The number of hydrogen-bond acceptors (Lipinski definition) is 8. The molecule has 3 aromatic rings. The number of esters is 1. The van der Waals surface area contributed by atoms with E-state index in [9.17, 15) is 9.59 Å². The van der Waals surface area contributed by atoms with E-state index in [1.54, 1.807) is 19.1 Å². The molecule has 2 aromatic heterocycles. The van der Waals surface area contributed by atoms with Gasteiger partial charge in [-0.1, -0.05) is 42.4 Å². The topological polar surface area (TPSA) is 95.3 Å². The third-order valence-electron chi connectivity index (χ3n) is 6.14. The number of anilines is 1. The Kier molecular flexibility index (Phi) is 9.15. The first kappa shape index (κ1) is 27.5. The number of carbonyl (C=O) groups is 2. The largest absolute Gasteiger partial charge is 0.481 e. The number of thioether (sulfide) groups is 1. The summed E-state index contributed by atoms with van der Waals surface area (Å²) in [7, 11) is 0. The van der Waals surface area contributed by atoms with Crippen molar-refractivity contribution < 1.29 is 19.1 Å². The molecule has 2 unspecified atom stereocenters. The number of fused-ring (bicyclic) bond motifs is 1. The van der Waals surface area contributed by atoms with Crippen molar-refractivity contribution >= 4 is 51.6 Å². The maximum Gasteiger partial charge on any atom is 0.341 e. The van der Waals surface area contributed by atoms with Gasteiger partial charge in [-0.25, -0.2) is 4.79 Å². The number of carbonyl (C=O) groups excluding carboxylic acids is 2. The molecule has 11 heteroatoms. The maximum absolute atomic E-state index is 12.9. The summed E-state index contributed by atoms with van der Waals surface area (Å²) in [5.74, 6) is 1.31. The van der Waals surface area contributed by atoms with E-state index in [1.807, 2.05) is 30.5 Å². The molecule has 37 heavy (non-hydrogen) atoms. The summed E-state index contributed by atoms with van der Waals surface area (Å²) < 4.78 is 13.2. The van der Waals surface area contributed by atoms with E-state index in [1.165, 1.54) is 23.1 Å². The Labute approximate surface area is 230 Å². The zero-order valence-corrected chi connectivity index (χ0v) is 23.8. The number of amides is 1. The minimum absolute atomic E-state index is 0.124. The Bertz CT molecular complexity index is 1280. The number of hydrogen-bond donors (Lipinski definition) is 1. The Morgan fingerprint density at radius 3 is 2.81 bits per heavy atom. The smallest absolute Gasteiger partial charge is 0.341 e. The number of thiophene rings is 1. The highest BCUT2D eigenvalue weighted by Gasteiger charge is 2.29. The van der Waals surface area contributed by atoms with E-state index in [2.05, 4.69) is 22.4 Å². The molecule has 1 amide bonds. The van der Waals surface area contributed by atoms with Gasteiger partial charge in [0.15, 0.2) is 17.1 Å². The number of para-hydroxylation sites is 1. The lowest BCUT2D eigenvalue weighted by Crippen LogP contribution is -2.18. The molecule has 0 radical (unpaired) electrons. The molecular weight excluding hydrogens is 532 g/mol. The van der Waals surface area contributed by atoms with Crippen molar-refractivity contribution in [2.45, 2.75) is 64.8 Å². The van der Waals surface area contributed by atoms with Gasteiger partial charge in [0.25, 0.3) is 0 Å². The lowest BCUT2D eigenvalue weighted by Gasteiger charge is -2.18. The van der Waals surface area contributed by atoms with Gasteiger partial charge in [0, 0.05) is 11.4 Å². The van der Waals surface area contributed by atoms with Crippen molar-refractivity contribution in [2.75, 3.05) is 17.7 Å². The molecule has 0 bridgehead atoms. The van der Waals surface area contributed by atoms with Crippen LogP contribution in [0.4, 0.5) is 5.00 Å². The normalized spacial score (nSPS) is 15.6. The SMILES string of the molecule is CCOC(=O)c1c(NC(=O)CSc2nnc(C(C)Oc3ccccc3Cl)n2CC)sc2c1CCC(C)C2. The fraction of sp³-hybridized carbons (Fsp3) is 0.462. The lowest BCUT2D eigenvalue weighted by molar-refractivity contribution is -0.113. The van der Waals surface area contributed by atoms with E-state index in [0.717, 1.165) is 29.7 Å². The van der Waals surface area contributed by atoms with Crippen LogP contribution in [-0.2, 0) is 28.9 Å². The first-order valence-electron chi connectivity index (χ1n) is 12.4. The minimum atomic E-state index is -0.387. The molecule has 4 rings (SSSR count). The van der Waals surface area contributed by atoms with Crippen LogP contribution < -0.4 is 10.1 Å². The molecule has 1 aliphatic carbocycles. The van der Waals surface area contributed by atoms with Gasteiger partial charge >= 0.3 is 5.97 Å². The fourth-order valence-corrected chi connectivity index (χ4v) is 6.74. The maximum atomic E-state index is 12.9. The monoisotopic (exact) mass is 562 g/mol.